The summed E-state index contributed by atoms with van der Waals surface area (Å²) in [5.74, 6) is -4.07. The summed E-state index contributed by atoms with van der Waals surface area (Å²) in [6.07, 6.45) is 0. The Morgan fingerprint density at radius 2 is 1.77 bits per heavy atom. The average molecular weight is 431 g/mol. The van der Waals surface area contributed by atoms with Crippen LogP contribution < -0.4 is 11.0 Å². The fraction of sp³-hybridized carbons (Fsp3) is 0.200. The monoisotopic (exact) mass is 431 g/mol. The van der Waals surface area contributed by atoms with Gasteiger partial charge in [-0.15, -0.1) is 5.10 Å². The molecule has 0 unspecified atom stereocenters. The predicted octanol–water partition coefficient (Wildman–Crippen LogP) is 1.76. The second-order valence-electron chi connectivity index (χ2n) is 6.91. The summed E-state index contributed by atoms with van der Waals surface area (Å²) in [7, 11) is 0. The van der Waals surface area contributed by atoms with Crippen LogP contribution in [0.3, 0.4) is 0 Å². The first kappa shape index (κ1) is 20.4. The van der Waals surface area contributed by atoms with Crippen LogP contribution in [0.1, 0.15) is 16.2 Å². The van der Waals surface area contributed by atoms with E-state index in [1.165, 1.54) is 17.0 Å². The molecule has 160 valence electrons. The summed E-state index contributed by atoms with van der Waals surface area (Å²) < 4.78 is 42.1. The summed E-state index contributed by atoms with van der Waals surface area (Å²) in [6, 6.07) is 8.88. The number of hydrogen-bond donors (Lipinski definition) is 1. The van der Waals surface area contributed by atoms with Crippen LogP contribution in [0.2, 0.25) is 0 Å². The van der Waals surface area contributed by atoms with Crippen molar-refractivity contribution in [2.24, 2.45) is 0 Å². The standard InChI is InChI=1S/C20H16F3N5O3/c21-14-4-2-1-3-12(14)10-26-7-8-27-18(19(26)30)25-28(20(27)31)11-17(29)24-13-5-6-15(22)16(23)9-13/h1-6,9H,7-8,10-11H2,(H,24,29). The molecule has 2 heterocycles. The minimum Gasteiger partial charge on any atom is -0.330 e. The van der Waals surface area contributed by atoms with E-state index in [0.717, 1.165) is 21.4 Å². The number of hydrogen-bond acceptors (Lipinski definition) is 4. The van der Waals surface area contributed by atoms with Crippen molar-refractivity contribution in [3.05, 3.63) is 81.8 Å². The summed E-state index contributed by atoms with van der Waals surface area (Å²) >= 11 is 0. The highest BCUT2D eigenvalue weighted by atomic mass is 19.2. The van der Waals surface area contributed by atoms with Crippen LogP contribution in [0.15, 0.2) is 47.3 Å². The largest absolute Gasteiger partial charge is 0.346 e. The number of halogens is 3. The second kappa shape index (κ2) is 8.09. The van der Waals surface area contributed by atoms with Crippen molar-refractivity contribution in [3.8, 4) is 0 Å². The Morgan fingerprint density at radius 3 is 2.52 bits per heavy atom. The number of amides is 2. The first-order chi connectivity index (χ1) is 14.8. The molecule has 3 aromatic rings. The third kappa shape index (κ3) is 4.06. The van der Waals surface area contributed by atoms with Crippen LogP contribution in [-0.4, -0.2) is 37.6 Å². The van der Waals surface area contributed by atoms with E-state index in [1.54, 1.807) is 18.2 Å². The maximum atomic E-state index is 13.9. The molecule has 4 rings (SSSR count). The smallest absolute Gasteiger partial charge is 0.330 e. The molecule has 1 aliphatic heterocycles. The van der Waals surface area contributed by atoms with E-state index in [2.05, 4.69) is 10.4 Å². The molecule has 0 bridgehead atoms. The molecule has 1 N–H and O–H groups in total. The zero-order valence-electron chi connectivity index (χ0n) is 16.0. The minimum atomic E-state index is -1.13. The van der Waals surface area contributed by atoms with E-state index in [1.807, 2.05) is 0 Å². The lowest BCUT2D eigenvalue weighted by atomic mass is 10.2. The van der Waals surface area contributed by atoms with Gasteiger partial charge in [-0.1, -0.05) is 18.2 Å². The molecule has 0 saturated carbocycles. The highest BCUT2D eigenvalue weighted by Gasteiger charge is 2.30. The molecule has 2 aromatic carbocycles. The van der Waals surface area contributed by atoms with Crippen LogP contribution in [-0.2, 0) is 24.4 Å². The van der Waals surface area contributed by atoms with E-state index >= 15 is 0 Å². The lowest BCUT2D eigenvalue weighted by molar-refractivity contribution is -0.117. The fourth-order valence-corrected chi connectivity index (χ4v) is 3.26. The number of nitrogens with zero attached hydrogens (tertiary/aromatic N) is 4. The Balaban J connectivity index is 1.49. The quantitative estimate of drug-likeness (QED) is 0.667. The molecular weight excluding hydrogens is 415 g/mol. The van der Waals surface area contributed by atoms with Gasteiger partial charge in [-0.3, -0.25) is 14.2 Å². The van der Waals surface area contributed by atoms with Crippen molar-refractivity contribution in [2.45, 2.75) is 19.6 Å². The molecule has 0 radical (unpaired) electrons. The molecule has 0 atom stereocenters. The number of benzene rings is 2. The van der Waals surface area contributed by atoms with Gasteiger partial charge < -0.3 is 10.2 Å². The van der Waals surface area contributed by atoms with Crippen LogP contribution >= 0.6 is 0 Å². The highest BCUT2D eigenvalue weighted by molar-refractivity contribution is 5.92. The van der Waals surface area contributed by atoms with E-state index in [-0.39, 0.29) is 31.1 Å². The maximum absolute atomic E-state index is 13.9. The first-order valence-electron chi connectivity index (χ1n) is 9.28. The maximum Gasteiger partial charge on any atom is 0.346 e. The summed E-state index contributed by atoms with van der Waals surface area (Å²) in [6.45, 7) is -0.201. The zero-order chi connectivity index (χ0) is 22.1. The van der Waals surface area contributed by atoms with Crippen molar-refractivity contribution < 1.29 is 22.8 Å². The molecule has 0 aliphatic carbocycles. The number of anilines is 1. The number of fused-ring (bicyclic) bond motifs is 1. The molecule has 1 aromatic heterocycles. The van der Waals surface area contributed by atoms with Gasteiger partial charge in [0.25, 0.3) is 5.91 Å². The van der Waals surface area contributed by atoms with Crippen LogP contribution in [0.5, 0.6) is 0 Å². The molecule has 8 nitrogen and oxygen atoms in total. The van der Waals surface area contributed by atoms with Gasteiger partial charge in [0.1, 0.15) is 12.4 Å². The lowest BCUT2D eigenvalue weighted by Gasteiger charge is -2.26. The topological polar surface area (TPSA) is 89.2 Å². The number of nitrogens with one attached hydrogen (secondary N) is 1. The van der Waals surface area contributed by atoms with Gasteiger partial charge in [0.2, 0.25) is 11.7 Å². The molecule has 11 heteroatoms. The number of carbonyl (C=O) groups excluding carboxylic acids is 2. The van der Waals surface area contributed by atoms with Gasteiger partial charge in [0.15, 0.2) is 11.6 Å². The van der Waals surface area contributed by atoms with Crippen LogP contribution in [0.25, 0.3) is 0 Å². The average Bonchev–Trinajstić information content (AvgIpc) is 3.05. The van der Waals surface area contributed by atoms with Gasteiger partial charge in [0.05, 0.1) is 0 Å². The lowest BCUT2D eigenvalue weighted by Crippen LogP contribution is -2.42. The summed E-state index contributed by atoms with van der Waals surface area (Å²) in [5.41, 5.74) is -0.320. The highest BCUT2D eigenvalue weighted by Crippen LogP contribution is 2.16. The third-order valence-electron chi connectivity index (χ3n) is 4.81. The van der Waals surface area contributed by atoms with Gasteiger partial charge in [0, 0.05) is 37.0 Å². The molecular formula is C20H16F3N5O3. The number of aromatic nitrogens is 3. The Kier molecular flexibility index (Phi) is 5.32. The van der Waals surface area contributed by atoms with E-state index in [0.29, 0.717) is 5.56 Å². The van der Waals surface area contributed by atoms with Crippen molar-refractivity contribution >= 4 is 17.5 Å². The van der Waals surface area contributed by atoms with E-state index in [9.17, 15) is 27.6 Å². The number of rotatable bonds is 5. The van der Waals surface area contributed by atoms with E-state index < -0.39 is 41.5 Å². The van der Waals surface area contributed by atoms with Gasteiger partial charge in [-0.05, 0) is 18.2 Å². The molecule has 1 aliphatic rings. The Labute approximate surface area is 173 Å². The van der Waals surface area contributed by atoms with Crippen molar-refractivity contribution in [1.82, 2.24) is 19.2 Å². The van der Waals surface area contributed by atoms with Crippen molar-refractivity contribution in [2.75, 3.05) is 11.9 Å². The van der Waals surface area contributed by atoms with E-state index in [4.69, 9.17) is 0 Å². The normalized spacial score (nSPS) is 13.3. The second-order valence-corrected chi connectivity index (χ2v) is 6.91. The summed E-state index contributed by atoms with van der Waals surface area (Å²) in [5, 5.41) is 6.28. The Bertz CT molecular complexity index is 1240. The van der Waals surface area contributed by atoms with Gasteiger partial charge >= 0.3 is 5.69 Å². The Morgan fingerprint density at radius 1 is 1.00 bits per heavy atom. The molecule has 2 amide bonds. The molecule has 31 heavy (non-hydrogen) atoms. The van der Waals surface area contributed by atoms with Crippen LogP contribution in [0.4, 0.5) is 18.9 Å². The summed E-state index contributed by atoms with van der Waals surface area (Å²) in [4.78, 5) is 38.8. The molecule has 0 saturated heterocycles. The van der Waals surface area contributed by atoms with Crippen LogP contribution in [0, 0.1) is 17.5 Å². The fourth-order valence-electron chi connectivity index (χ4n) is 3.26. The van der Waals surface area contributed by atoms with Gasteiger partial charge in [-0.25, -0.2) is 22.6 Å². The molecule has 0 fully saturated rings. The first-order valence-corrected chi connectivity index (χ1v) is 9.28. The predicted molar refractivity (Wildman–Crippen MR) is 103 cm³/mol. The van der Waals surface area contributed by atoms with Crippen molar-refractivity contribution in [1.29, 1.82) is 0 Å². The minimum absolute atomic E-state index is 0.00746. The molecule has 0 spiro atoms. The van der Waals surface area contributed by atoms with Gasteiger partial charge in [-0.2, -0.15) is 0 Å². The third-order valence-corrected chi connectivity index (χ3v) is 4.81. The SMILES string of the molecule is O=C(Cn1nc2n(c1=O)CCN(Cc1ccccc1F)C2=O)Nc1ccc(F)c(F)c1. The Hall–Kier alpha value is -3.89. The zero-order valence-corrected chi connectivity index (χ0v) is 16.0. The number of carbonyl (C=O) groups is 2. The van der Waals surface area contributed by atoms with Crippen molar-refractivity contribution in [3.63, 3.8) is 0 Å².